The molecule has 2 aliphatic heterocycles. The number of anilines is 1. The first-order chi connectivity index (χ1) is 12.5. The summed E-state index contributed by atoms with van der Waals surface area (Å²) in [4.78, 5) is 6.52. The highest BCUT2D eigenvalue weighted by atomic mass is 32.2. The first kappa shape index (κ1) is 17.3. The second-order valence-corrected chi connectivity index (χ2v) is 9.21. The number of hydrogen-bond acceptors (Lipinski definition) is 5. The van der Waals surface area contributed by atoms with Gasteiger partial charge in [-0.2, -0.15) is 0 Å². The molecule has 6 nitrogen and oxygen atoms in total. The fourth-order valence-corrected chi connectivity index (χ4v) is 6.32. The van der Waals surface area contributed by atoms with Crippen molar-refractivity contribution in [3.63, 3.8) is 0 Å². The number of sulfonamides is 1. The van der Waals surface area contributed by atoms with Crippen LogP contribution in [-0.2, 0) is 21.3 Å². The van der Waals surface area contributed by atoms with Crippen LogP contribution >= 0.6 is 0 Å². The predicted molar refractivity (Wildman–Crippen MR) is 101 cm³/mol. The van der Waals surface area contributed by atoms with Crippen molar-refractivity contribution in [1.29, 1.82) is 0 Å². The van der Waals surface area contributed by atoms with Crippen molar-refractivity contribution in [3.05, 3.63) is 53.7 Å². The Balaban J connectivity index is 1.58. The Morgan fingerprint density at radius 1 is 1.15 bits per heavy atom. The van der Waals surface area contributed by atoms with E-state index in [-0.39, 0.29) is 0 Å². The Bertz CT molecular complexity index is 921. The van der Waals surface area contributed by atoms with E-state index in [0.717, 1.165) is 29.9 Å². The normalized spacial score (nSPS) is 20.9. The number of rotatable bonds is 3. The molecule has 1 aromatic heterocycles. The van der Waals surface area contributed by atoms with Crippen molar-refractivity contribution in [2.75, 3.05) is 31.6 Å². The lowest BCUT2D eigenvalue weighted by molar-refractivity contribution is 0.187. The van der Waals surface area contributed by atoms with E-state index in [0.29, 0.717) is 25.3 Å². The topological polar surface area (TPSA) is 62.7 Å². The van der Waals surface area contributed by atoms with Crippen molar-refractivity contribution in [3.8, 4) is 5.88 Å². The summed E-state index contributed by atoms with van der Waals surface area (Å²) in [6.45, 7) is 2.16. The number of nitrogens with zero attached hydrogens (tertiary/aromatic N) is 3. The molecular weight excluding hydrogens is 350 g/mol. The molecule has 0 unspecified atom stereocenters. The van der Waals surface area contributed by atoms with Gasteiger partial charge in [-0.25, -0.2) is 13.4 Å². The zero-order valence-corrected chi connectivity index (χ0v) is 15.9. The Labute approximate surface area is 154 Å². The molecule has 0 saturated carbocycles. The Kier molecular flexibility index (Phi) is 4.16. The molecule has 0 atom stereocenters. The van der Waals surface area contributed by atoms with E-state index in [2.05, 4.69) is 9.88 Å². The van der Waals surface area contributed by atoms with E-state index in [1.165, 1.54) is 4.31 Å². The fourth-order valence-electron chi connectivity index (χ4n) is 4.23. The highest BCUT2D eigenvalue weighted by Gasteiger charge is 2.55. The summed E-state index contributed by atoms with van der Waals surface area (Å²) < 4.78 is 32.3. The zero-order chi connectivity index (χ0) is 18.4. The number of aromatic nitrogens is 1. The molecule has 138 valence electrons. The number of ether oxygens (including phenoxy) is 1. The number of methoxy groups -OCH3 is 1. The van der Waals surface area contributed by atoms with Gasteiger partial charge in [-0.05, 0) is 30.5 Å². The highest BCUT2D eigenvalue weighted by molar-refractivity contribution is 7.94. The molecule has 26 heavy (non-hydrogen) atoms. The lowest BCUT2D eigenvalue weighted by Gasteiger charge is -2.38. The second kappa shape index (κ2) is 6.25. The van der Waals surface area contributed by atoms with Crippen molar-refractivity contribution in [2.45, 2.75) is 24.1 Å². The summed E-state index contributed by atoms with van der Waals surface area (Å²) in [5.74, 6) is 0.631. The second-order valence-electron chi connectivity index (χ2n) is 6.93. The van der Waals surface area contributed by atoms with E-state index in [4.69, 9.17) is 4.74 Å². The molecule has 0 aliphatic carbocycles. The molecule has 4 rings (SSSR count). The third-order valence-electron chi connectivity index (χ3n) is 5.69. The zero-order valence-electron chi connectivity index (χ0n) is 15.1. The fraction of sp³-hybridized carbons (Fsp3) is 0.421. The van der Waals surface area contributed by atoms with Gasteiger partial charge in [-0.1, -0.05) is 24.3 Å². The van der Waals surface area contributed by atoms with E-state index in [9.17, 15) is 8.42 Å². The molecule has 7 heteroatoms. The third kappa shape index (κ3) is 2.41. The molecule has 1 aromatic carbocycles. The molecule has 1 spiro atoms. The first-order valence-corrected chi connectivity index (χ1v) is 10.2. The summed E-state index contributed by atoms with van der Waals surface area (Å²) in [5.41, 5.74) is 2.79. The van der Waals surface area contributed by atoms with Crippen molar-refractivity contribution < 1.29 is 13.2 Å². The van der Waals surface area contributed by atoms with Crippen LogP contribution < -0.4 is 9.04 Å². The predicted octanol–water partition coefficient (Wildman–Crippen LogP) is 2.36. The number of para-hydroxylation sites is 1. The number of fused-ring (bicyclic) bond motifs is 2. The molecular formula is C19H23N3O3S. The number of likely N-dealkylation sites (tertiary alicyclic amines) is 1. The van der Waals surface area contributed by atoms with Gasteiger partial charge in [-0.3, -0.25) is 9.21 Å². The number of hydrogen-bond donors (Lipinski definition) is 0. The lowest BCUT2D eigenvalue weighted by Crippen LogP contribution is -2.47. The third-order valence-corrected chi connectivity index (χ3v) is 8.22. The molecule has 0 bridgehead atoms. The van der Waals surface area contributed by atoms with Crippen LogP contribution in [0, 0.1) is 0 Å². The first-order valence-electron chi connectivity index (χ1n) is 8.78. The summed E-state index contributed by atoms with van der Waals surface area (Å²) in [6, 6.07) is 11.6. The molecule has 2 aliphatic rings. The van der Waals surface area contributed by atoms with Gasteiger partial charge in [0.15, 0.2) is 0 Å². The summed E-state index contributed by atoms with van der Waals surface area (Å²) in [6.07, 6.45) is 2.91. The van der Waals surface area contributed by atoms with E-state index >= 15 is 0 Å². The van der Waals surface area contributed by atoms with Crippen LogP contribution in [-0.4, -0.2) is 45.5 Å². The molecule has 1 fully saturated rings. The van der Waals surface area contributed by atoms with Gasteiger partial charge in [-0.15, -0.1) is 0 Å². The average molecular weight is 373 g/mol. The molecule has 3 heterocycles. The van der Waals surface area contributed by atoms with Crippen molar-refractivity contribution in [2.24, 2.45) is 0 Å². The largest absolute Gasteiger partial charge is 0.481 e. The van der Waals surface area contributed by atoms with Gasteiger partial charge in [0.05, 0.1) is 12.8 Å². The monoisotopic (exact) mass is 373 g/mol. The van der Waals surface area contributed by atoms with Crippen LogP contribution in [0.1, 0.15) is 24.0 Å². The SMILES string of the molecule is COc1ncccc1CN1CCC2(CC1)c1ccccc1N(C)S2(=O)=O. The average Bonchev–Trinajstić information content (AvgIpc) is 2.83. The van der Waals surface area contributed by atoms with Gasteiger partial charge in [0.1, 0.15) is 4.75 Å². The van der Waals surface area contributed by atoms with Gasteiger partial charge in [0.2, 0.25) is 15.9 Å². The van der Waals surface area contributed by atoms with E-state index < -0.39 is 14.8 Å². The van der Waals surface area contributed by atoms with E-state index in [1.807, 2.05) is 36.4 Å². The number of benzene rings is 1. The summed E-state index contributed by atoms with van der Waals surface area (Å²) in [5, 5.41) is 0. The molecule has 0 radical (unpaired) electrons. The molecule has 2 aromatic rings. The van der Waals surface area contributed by atoms with Gasteiger partial charge < -0.3 is 4.74 Å². The Morgan fingerprint density at radius 2 is 1.88 bits per heavy atom. The minimum atomic E-state index is -3.39. The van der Waals surface area contributed by atoms with Gasteiger partial charge in [0, 0.05) is 38.4 Å². The number of piperidine rings is 1. The summed E-state index contributed by atoms with van der Waals surface area (Å²) >= 11 is 0. The Hall–Kier alpha value is -2.12. The summed E-state index contributed by atoms with van der Waals surface area (Å²) in [7, 11) is -0.105. The Morgan fingerprint density at radius 3 is 2.62 bits per heavy atom. The van der Waals surface area contributed by atoms with Gasteiger partial charge >= 0.3 is 0 Å². The van der Waals surface area contributed by atoms with E-state index in [1.54, 1.807) is 20.4 Å². The minimum Gasteiger partial charge on any atom is -0.481 e. The maximum absolute atomic E-state index is 13.2. The lowest BCUT2D eigenvalue weighted by atomic mass is 9.87. The van der Waals surface area contributed by atoms with Crippen LogP contribution in [0.2, 0.25) is 0 Å². The quantitative estimate of drug-likeness (QED) is 0.827. The van der Waals surface area contributed by atoms with Gasteiger partial charge in [0.25, 0.3) is 0 Å². The molecule has 0 amide bonds. The molecule has 0 N–H and O–H groups in total. The molecule has 1 saturated heterocycles. The van der Waals surface area contributed by atoms with Crippen LogP contribution in [0.25, 0.3) is 0 Å². The van der Waals surface area contributed by atoms with Crippen LogP contribution in [0.3, 0.4) is 0 Å². The standard InChI is InChI=1S/C19H23N3O3S/c1-21-17-8-4-3-7-16(17)19(26(21,23)24)9-12-22(13-10-19)14-15-6-5-11-20-18(15)25-2/h3-8,11H,9-10,12-14H2,1-2H3. The maximum Gasteiger partial charge on any atom is 0.245 e. The van der Waals surface area contributed by atoms with Crippen LogP contribution in [0.5, 0.6) is 5.88 Å². The minimum absolute atomic E-state index is 0.596. The van der Waals surface area contributed by atoms with Crippen molar-refractivity contribution >= 4 is 15.7 Å². The number of pyridine rings is 1. The van der Waals surface area contributed by atoms with Crippen LogP contribution in [0.4, 0.5) is 5.69 Å². The highest BCUT2D eigenvalue weighted by Crippen LogP contribution is 2.51. The van der Waals surface area contributed by atoms with Crippen LogP contribution in [0.15, 0.2) is 42.6 Å². The maximum atomic E-state index is 13.2. The smallest absolute Gasteiger partial charge is 0.245 e. The van der Waals surface area contributed by atoms with Crippen molar-refractivity contribution in [1.82, 2.24) is 9.88 Å².